The smallest absolute Gasteiger partial charge is 0.104 e. The quantitative estimate of drug-likeness (QED) is 0.681. The highest BCUT2D eigenvalue weighted by atomic mass is 16.5. The molecule has 0 amide bonds. The summed E-state index contributed by atoms with van der Waals surface area (Å²) in [4.78, 5) is 0. The number of hydrogen-bond acceptors (Lipinski definition) is 1. The molecular weight excluding hydrogens is 196 g/mol. The molecular formula is C15H16O. The van der Waals surface area contributed by atoms with E-state index in [-0.39, 0.29) is 6.10 Å². The van der Waals surface area contributed by atoms with Gasteiger partial charge >= 0.3 is 0 Å². The normalized spacial score (nSPS) is 21.0. The average Bonchev–Trinajstić information content (AvgIpc) is 2.38. The second kappa shape index (κ2) is 5.50. The first-order chi connectivity index (χ1) is 7.90. The van der Waals surface area contributed by atoms with Crippen LogP contribution in [0.4, 0.5) is 0 Å². The Bertz CT molecular complexity index is 410. The summed E-state index contributed by atoms with van der Waals surface area (Å²) in [5.74, 6) is 0. The molecule has 1 fully saturated rings. The van der Waals surface area contributed by atoms with E-state index in [1.165, 1.54) is 11.1 Å². The first kappa shape index (κ1) is 10.9. The van der Waals surface area contributed by atoms with Gasteiger partial charge in [0.25, 0.3) is 0 Å². The van der Waals surface area contributed by atoms with Gasteiger partial charge in [0.15, 0.2) is 0 Å². The number of benzene rings is 1. The Kier molecular flexibility index (Phi) is 3.76. The topological polar surface area (TPSA) is 9.23 Å². The van der Waals surface area contributed by atoms with Crippen LogP contribution < -0.4 is 0 Å². The van der Waals surface area contributed by atoms with Gasteiger partial charge in [0.05, 0.1) is 0 Å². The second-order valence-corrected chi connectivity index (χ2v) is 3.87. The maximum atomic E-state index is 5.68. The number of ether oxygens (including phenoxy) is 1. The lowest BCUT2D eigenvalue weighted by molar-refractivity contribution is 0.0830. The molecule has 2 rings (SSSR count). The van der Waals surface area contributed by atoms with Crippen LogP contribution in [0.25, 0.3) is 6.08 Å². The Labute approximate surface area is 96.8 Å². The molecule has 16 heavy (non-hydrogen) atoms. The van der Waals surface area contributed by atoms with Crippen LogP contribution in [0.5, 0.6) is 0 Å². The van der Waals surface area contributed by atoms with Gasteiger partial charge in [0, 0.05) is 12.2 Å². The number of rotatable bonds is 2. The fourth-order valence-corrected chi connectivity index (χ4v) is 1.84. The van der Waals surface area contributed by atoms with Crippen LogP contribution in [0.1, 0.15) is 18.4 Å². The summed E-state index contributed by atoms with van der Waals surface area (Å²) in [7, 11) is 0. The van der Waals surface area contributed by atoms with Crippen molar-refractivity contribution in [3.8, 4) is 0 Å². The van der Waals surface area contributed by atoms with Crippen molar-refractivity contribution in [3.63, 3.8) is 0 Å². The van der Waals surface area contributed by atoms with E-state index < -0.39 is 0 Å². The summed E-state index contributed by atoms with van der Waals surface area (Å²) in [6.45, 7) is 4.54. The van der Waals surface area contributed by atoms with Crippen LogP contribution in [-0.2, 0) is 4.74 Å². The largest absolute Gasteiger partial charge is 0.369 e. The van der Waals surface area contributed by atoms with Crippen LogP contribution in [-0.4, -0.2) is 12.7 Å². The summed E-state index contributed by atoms with van der Waals surface area (Å²) in [5.41, 5.74) is 5.34. The Hall–Kier alpha value is -1.56. The van der Waals surface area contributed by atoms with E-state index in [0.717, 1.165) is 19.4 Å². The van der Waals surface area contributed by atoms with E-state index in [4.69, 9.17) is 4.74 Å². The molecule has 0 N–H and O–H groups in total. The van der Waals surface area contributed by atoms with Gasteiger partial charge < -0.3 is 4.74 Å². The highest BCUT2D eigenvalue weighted by molar-refractivity contribution is 5.50. The first-order valence-corrected chi connectivity index (χ1v) is 5.64. The molecule has 0 saturated carbocycles. The molecule has 1 unspecified atom stereocenters. The van der Waals surface area contributed by atoms with Crippen LogP contribution in [0.2, 0.25) is 0 Å². The van der Waals surface area contributed by atoms with Gasteiger partial charge in [-0.3, -0.25) is 0 Å². The van der Waals surface area contributed by atoms with Crippen LogP contribution >= 0.6 is 0 Å². The molecule has 1 aliphatic heterocycles. The lowest BCUT2D eigenvalue weighted by Gasteiger charge is -2.21. The maximum absolute atomic E-state index is 5.68. The van der Waals surface area contributed by atoms with Gasteiger partial charge in [-0.2, -0.15) is 0 Å². The summed E-state index contributed by atoms with van der Waals surface area (Å²) >= 11 is 0. The fraction of sp³-hybridized carbons (Fsp3) is 0.267. The van der Waals surface area contributed by atoms with E-state index in [1.807, 2.05) is 18.2 Å². The Morgan fingerprint density at radius 3 is 2.88 bits per heavy atom. The predicted molar refractivity (Wildman–Crippen MR) is 67.1 cm³/mol. The van der Waals surface area contributed by atoms with Crippen molar-refractivity contribution in [2.45, 2.75) is 18.9 Å². The molecule has 0 spiro atoms. The Morgan fingerprint density at radius 2 is 2.12 bits per heavy atom. The molecule has 1 atom stereocenters. The average molecular weight is 212 g/mol. The molecule has 1 heterocycles. The van der Waals surface area contributed by atoms with Crippen molar-refractivity contribution in [1.82, 2.24) is 0 Å². The van der Waals surface area contributed by atoms with Gasteiger partial charge in [0.2, 0.25) is 0 Å². The third-order valence-electron chi connectivity index (χ3n) is 2.72. The summed E-state index contributed by atoms with van der Waals surface area (Å²) < 4.78 is 5.68. The van der Waals surface area contributed by atoms with E-state index in [0.29, 0.717) is 0 Å². The molecule has 1 aliphatic rings. The zero-order valence-electron chi connectivity index (χ0n) is 9.36. The molecule has 1 nitrogen and oxygen atoms in total. The van der Waals surface area contributed by atoms with Crippen molar-refractivity contribution >= 4 is 6.08 Å². The lowest BCUT2D eigenvalue weighted by Crippen LogP contribution is -2.19. The van der Waals surface area contributed by atoms with E-state index in [9.17, 15) is 0 Å². The van der Waals surface area contributed by atoms with Gasteiger partial charge in [0.1, 0.15) is 6.10 Å². The van der Waals surface area contributed by atoms with E-state index >= 15 is 0 Å². The molecule has 82 valence electrons. The Balaban J connectivity index is 2.08. The Morgan fingerprint density at radius 1 is 1.31 bits per heavy atom. The van der Waals surface area contributed by atoms with E-state index in [1.54, 1.807) is 0 Å². The third kappa shape index (κ3) is 2.73. The maximum Gasteiger partial charge on any atom is 0.104 e. The van der Waals surface area contributed by atoms with Gasteiger partial charge in [-0.05, 0) is 18.4 Å². The van der Waals surface area contributed by atoms with Crippen molar-refractivity contribution in [3.05, 3.63) is 59.9 Å². The molecule has 0 aromatic heterocycles. The minimum Gasteiger partial charge on any atom is -0.369 e. The van der Waals surface area contributed by atoms with Crippen LogP contribution in [0.15, 0.2) is 54.3 Å². The predicted octanol–water partition coefficient (Wildman–Crippen LogP) is 3.59. The molecule has 1 aromatic rings. The molecule has 1 saturated heterocycles. The van der Waals surface area contributed by atoms with Crippen molar-refractivity contribution in [2.24, 2.45) is 0 Å². The minimum atomic E-state index is 0.0615. The monoisotopic (exact) mass is 212 g/mol. The van der Waals surface area contributed by atoms with Crippen molar-refractivity contribution in [1.29, 1.82) is 0 Å². The summed E-state index contributed by atoms with van der Waals surface area (Å²) in [5, 5.41) is 0. The molecule has 1 aromatic carbocycles. The van der Waals surface area contributed by atoms with Crippen molar-refractivity contribution in [2.75, 3.05) is 6.61 Å². The molecule has 0 radical (unpaired) electrons. The molecule has 0 bridgehead atoms. The van der Waals surface area contributed by atoms with Crippen molar-refractivity contribution < 1.29 is 4.74 Å². The standard InChI is InChI=1S/C15H16O/c1-2-14-9-6-12-16-15(14)11-10-13-7-4-3-5-8-13/h3-5,7-8,10-11,15H,1,6,9,12H2/b11-10+. The highest BCUT2D eigenvalue weighted by Gasteiger charge is 2.15. The summed E-state index contributed by atoms with van der Waals surface area (Å²) in [6.07, 6.45) is 6.36. The molecule has 0 aliphatic carbocycles. The first-order valence-electron chi connectivity index (χ1n) is 5.64. The minimum absolute atomic E-state index is 0.0615. The second-order valence-electron chi connectivity index (χ2n) is 3.87. The van der Waals surface area contributed by atoms with Gasteiger partial charge in [-0.25, -0.2) is 0 Å². The van der Waals surface area contributed by atoms with Crippen LogP contribution in [0.3, 0.4) is 0 Å². The molecule has 1 heteroatoms. The van der Waals surface area contributed by atoms with Crippen LogP contribution in [0, 0.1) is 0 Å². The zero-order valence-corrected chi connectivity index (χ0v) is 9.36. The number of hydrogen-bond donors (Lipinski definition) is 0. The lowest BCUT2D eigenvalue weighted by atomic mass is 10.0. The summed E-state index contributed by atoms with van der Waals surface area (Å²) in [6, 6.07) is 10.2. The van der Waals surface area contributed by atoms with Gasteiger partial charge in [-0.1, -0.05) is 49.1 Å². The fourth-order valence-electron chi connectivity index (χ4n) is 1.84. The van der Waals surface area contributed by atoms with E-state index in [2.05, 4.69) is 36.6 Å². The zero-order chi connectivity index (χ0) is 11.2. The SMILES string of the molecule is C=C=C1CCCOC1/C=C/c1ccccc1. The third-order valence-corrected chi connectivity index (χ3v) is 2.72. The highest BCUT2D eigenvalue weighted by Crippen LogP contribution is 2.20. The van der Waals surface area contributed by atoms with Gasteiger partial charge in [-0.15, -0.1) is 5.73 Å².